The van der Waals surface area contributed by atoms with Crippen molar-refractivity contribution in [3.63, 3.8) is 0 Å². The number of carbonyl (C=O) groups excluding carboxylic acids is 2. The number of anilines is 2. The Bertz CT molecular complexity index is 545. The number of aryl methyl sites for hydroxylation is 1. The van der Waals surface area contributed by atoms with E-state index in [1.807, 2.05) is 6.92 Å². The highest BCUT2D eigenvalue weighted by Gasteiger charge is 2.33. The summed E-state index contributed by atoms with van der Waals surface area (Å²) in [5, 5.41) is 2.29. The van der Waals surface area contributed by atoms with Crippen LogP contribution in [-0.2, 0) is 9.59 Å². The van der Waals surface area contributed by atoms with Crippen LogP contribution < -0.4 is 16.0 Å². The first-order chi connectivity index (χ1) is 8.93. The average Bonchev–Trinajstić information content (AvgIpc) is 2.33. The highest BCUT2D eigenvalue weighted by molar-refractivity contribution is 6.05. The van der Waals surface area contributed by atoms with Gasteiger partial charge in [-0.15, -0.1) is 0 Å². The molecule has 0 aromatic heterocycles. The van der Waals surface area contributed by atoms with Crippen LogP contribution in [0.25, 0.3) is 0 Å². The SMILES string of the molecule is CCC1C(=O)NC(=O)CN1c1cc(C)c(F)cc1N. The van der Waals surface area contributed by atoms with Gasteiger partial charge in [0.25, 0.3) is 0 Å². The first-order valence-corrected chi connectivity index (χ1v) is 6.10. The predicted molar refractivity (Wildman–Crippen MR) is 70.1 cm³/mol. The summed E-state index contributed by atoms with van der Waals surface area (Å²) in [6, 6.07) is 2.32. The van der Waals surface area contributed by atoms with Crippen LogP contribution >= 0.6 is 0 Å². The first-order valence-electron chi connectivity index (χ1n) is 6.10. The monoisotopic (exact) mass is 265 g/mol. The van der Waals surface area contributed by atoms with Crippen molar-refractivity contribution < 1.29 is 14.0 Å². The molecule has 3 N–H and O–H groups in total. The Balaban J connectivity index is 2.46. The number of halogens is 1. The number of nitrogens with one attached hydrogen (secondary N) is 1. The lowest BCUT2D eigenvalue weighted by Gasteiger charge is -2.36. The number of rotatable bonds is 2. The van der Waals surface area contributed by atoms with Gasteiger partial charge in [0.1, 0.15) is 11.9 Å². The van der Waals surface area contributed by atoms with Gasteiger partial charge in [-0.2, -0.15) is 0 Å². The van der Waals surface area contributed by atoms with Crippen molar-refractivity contribution in [1.29, 1.82) is 0 Å². The highest BCUT2D eigenvalue weighted by Crippen LogP contribution is 2.29. The topological polar surface area (TPSA) is 75.4 Å². The Hall–Kier alpha value is -2.11. The third kappa shape index (κ3) is 2.38. The minimum absolute atomic E-state index is 0.0412. The number of hydrogen-bond donors (Lipinski definition) is 2. The summed E-state index contributed by atoms with van der Waals surface area (Å²) in [6.45, 7) is 3.50. The maximum atomic E-state index is 13.4. The first kappa shape index (κ1) is 13.3. The number of nitrogens with two attached hydrogens (primary N) is 1. The fourth-order valence-corrected chi connectivity index (χ4v) is 2.26. The molecule has 2 rings (SSSR count). The van der Waals surface area contributed by atoms with E-state index in [-0.39, 0.29) is 24.0 Å². The molecule has 19 heavy (non-hydrogen) atoms. The second kappa shape index (κ2) is 4.87. The fourth-order valence-electron chi connectivity index (χ4n) is 2.26. The summed E-state index contributed by atoms with van der Waals surface area (Å²) >= 11 is 0. The molecule has 1 aliphatic heterocycles. The Kier molecular flexibility index (Phi) is 3.42. The van der Waals surface area contributed by atoms with E-state index in [9.17, 15) is 14.0 Å². The van der Waals surface area contributed by atoms with Crippen LogP contribution in [0.4, 0.5) is 15.8 Å². The van der Waals surface area contributed by atoms with Gasteiger partial charge in [-0.3, -0.25) is 14.9 Å². The van der Waals surface area contributed by atoms with Gasteiger partial charge in [0.2, 0.25) is 11.8 Å². The molecule has 0 saturated carbocycles. The minimum atomic E-state index is -0.468. The van der Waals surface area contributed by atoms with Gasteiger partial charge in [0.05, 0.1) is 17.9 Å². The molecule has 0 spiro atoms. The zero-order chi connectivity index (χ0) is 14.2. The molecule has 1 heterocycles. The molecule has 102 valence electrons. The summed E-state index contributed by atoms with van der Waals surface area (Å²) in [5.74, 6) is -1.13. The van der Waals surface area contributed by atoms with Gasteiger partial charge in [-0.1, -0.05) is 6.92 Å². The van der Waals surface area contributed by atoms with Crippen LogP contribution in [0, 0.1) is 12.7 Å². The number of carbonyl (C=O) groups is 2. The van der Waals surface area contributed by atoms with E-state index in [4.69, 9.17) is 5.73 Å². The predicted octanol–water partition coefficient (Wildman–Crippen LogP) is 0.958. The zero-order valence-electron chi connectivity index (χ0n) is 10.9. The Labute approximate surface area is 110 Å². The Morgan fingerprint density at radius 3 is 2.79 bits per heavy atom. The molecule has 1 atom stereocenters. The summed E-state index contributed by atoms with van der Waals surface area (Å²) in [6.07, 6.45) is 0.537. The summed E-state index contributed by atoms with van der Waals surface area (Å²) in [5.41, 5.74) is 6.98. The fraction of sp³-hybridized carbons (Fsp3) is 0.385. The van der Waals surface area contributed by atoms with Crippen LogP contribution in [0.3, 0.4) is 0 Å². The van der Waals surface area contributed by atoms with Gasteiger partial charge in [-0.25, -0.2) is 4.39 Å². The van der Waals surface area contributed by atoms with Crippen molar-refractivity contribution in [1.82, 2.24) is 5.32 Å². The molecule has 1 saturated heterocycles. The lowest BCUT2D eigenvalue weighted by molar-refractivity contribution is -0.132. The van der Waals surface area contributed by atoms with Crippen molar-refractivity contribution in [3.8, 4) is 0 Å². The van der Waals surface area contributed by atoms with Gasteiger partial charge in [0, 0.05) is 0 Å². The largest absolute Gasteiger partial charge is 0.397 e. The van der Waals surface area contributed by atoms with Gasteiger partial charge in [-0.05, 0) is 31.0 Å². The lowest BCUT2D eigenvalue weighted by atomic mass is 10.1. The van der Waals surface area contributed by atoms with Crippen LogP contribution in [0.1, 0.15) is 18.9 Å². The quantitative estimate of drug-likeness (QED) is 0.617. The van der Waals surface area contributed by atoms with Crippen molar-refractivity contribution in [2.24, 2.45) is 0 Å². The number of hydrogen-bond acceptors (Lipinski definition) is 4. The van der Waals surface area contributed by atoms with Crippen LogP contribution in [0.5, 0.6) is 0 Å². The maximum absolute atomic E-state index is 13.4. The van der Waals surface area contributed by atoms with E-state index < -0.39 is 11.9 Å². The summed E-state index contributed by atoms with van der Waals surface area (Å²) < 4.78 is 13.4. The van der Waals surface area contributed by atoms with E-state index >= 15 is 0 Å². The number of nitrogens with zero attached hydrogens (tertiary/aromatic N) is 1. The van der Waals surface area contributed by atoms with E-state index in [0.29, 0.717) is 17.7 Å². The molecule has 1 unspecified atom stereocenters. The van der Waals surface area contributed by atoms with E-state index in [0.717, 1.165) is 0 Å². The number of amides is 2. The summed E-state index contributed by atoms with van der Waals surface area (Å²) in [4.78, 5) is 24.9. The number of nitrogen functional groups attached to an aromatic ring is 1. The summed E-state index contributed by atoms with van der Waals surface area (Å²) in [7, 11) is 0. The van der Waals surface area contributed by atoms with Crippen molar-refractivity contribution in [2.75, 3.05) is 17.2 Å². The molecule has 5 nitrogen and oxygen atoms in total. The zero-order valence-corrected chi connectivity index (χ0v) is 10.9. The minimum Gasteiger partial charge on any atom is -0.397 e. The average molecular weight is 265 g/mol. The van der Waals surface area contributed by atoms with Crippen LogP contribution in [-0.4, -0.2) is 24.4 Å². The van der Waals surface area contributed by atoms with E-state index in [1.54, 1.807) is 17.9 Å². The van der Waals surface area contributed by atoms with Crippen molar-refractivity contribution in [3.05, 3.63) is 23.5 Å². The smallest absolute Gasteiger partial charge is 0.249 e. The molecule has 0 bridgehead atoms. The molecule has 1 aromatic rings. The highest BCUT2D eigenvalue weighted by atomic mass is 19.1. The third-order valence-corrected chi connectivity index (χ3v) is 3.26. The van der Waals surface area contributed by atoms with Gasteiger partial charge < -0.3 is 10.6 Å². The maximum Gasteiger partial charge on any atom is 0.249 e. The van der Waals surface area contributed by atoms with E-state index in [2.05, 4.69) is 5.32 Å². The van der Waals surface area contributed by atoms with Crippen LogP contribution in [0.2, 0.25) is 0 Å². The second-order valence-corrected chi connectivity index (χ2v) is 4.62. The molecule has 1 aromatic carbocycles. The lowest BCUT2D eigenvalue weighted by Crippen LogP contribution is -2.58. The van der Waals surface area contributed by atoms with Crippen molar-refractivity contribution in [2.45, 2.75) is 26.3 Å². The molecule has 0 aliphatic carbocycles. The van der Waals surface area contributed by atoms with Gasteiger partial charge >= 0.3 is 0 Å². The Morgan fingerprint density at radius 2 is 2.16 bits per heavy atom. The molecular weight excluding hydrogens is 249 g/mol. The Morgan fingerprint density at radius 1 is 1.47 bits per heavy atom. The normalized spacial score (nSPS) is 19.5. The molecule has 0 radical (unpaired) electrons. The molecule has 2 amide bonds. The van der Waals surface area contributed by atoms with E-state index in [1.165, 1.54) is 6.07 Å². The molecule has 1 fully saturated rings. The molecule has 1 aliphatic rings. The molecular formula is C13H16FN3O2. The van der Waals surface area contributed by atoms with Crippen LogP contribution in [0.15, 0.2) is 12.1 Å². The van der Waals surface area contributed by atoms with Gasteiger partial charge in [0.15, 0.2) is 0 Å². The molecule has 6 heteroatoms. The van der Waals surface area contributed by atoms with Crippen molar-refractivity contribution >= 4 is 23.2 Å². The number of imide groups is 1. The second-order valence-electron chi connectivity index (χ2n) is 4.62. The standard InChI is InChI=1S/C13H16FN3O2/c1-3-10-13(19)16-12(18)6-17(10)11-4-7(2)8(14)5-9(11)15/h4-5,10H,3,6,15H2,1-2H3,(H,16,18,19). The number of benzene rings is 1. The third-order valence-electron chi connectivity index (χ3n) is 3.26. The number of piperazine rings is 1.